The van der Waals surface area contributed by atoms with Gasteiger partial charge in [-0.15, -0.1) is 0 Å². The quantitative estimate of drug-likeness (QED) is 0.520. The Morgan fingerprint density at radius 1 is 1.21 bits per heavy atom. The summed E-state index contributed by atoms with van der Waals surface area (Å²) in [6.45, 7) is 12.1. The molecule has 2 aromatic rings. The average molecular weight is 387 g/mol. The lowest BCUT2D eigenvalue weighted by Crippen LogP contribution is -2.41. The van der Waals surface area contributed by atoms with Crippen LogP contribution in [0.5, 0.6) is 0 Å². The molecule has 0 unspecified atom stereocenters. The minimum atomic E-state index is -1.70. The second-order valence-corrected chi connectivity index (χ2v) is 12.4. The van der Waals surface area contributed by atoms with Crippen molar-refractivity contribution in [2.24, 2.45) is 0 Å². The fraction of sp³-hybridized carbons (Fsp3) is 0.467. The number of aromatic nitrogens is 1. The molecule has 0 bridgehead atoms. The van der Waals surface area contributed by atoms with E-state index in [1.165, 1.54) is 14.6 Å². The van der Waals surface area contributed by atoms with Gasteiger partial charge in [0.25, 0.3) is 0 Å². The molecule has 0 saturated carbocycles. The van der Waals surface area contributed by atoms with E-state index in [-0.39, 0.29) is 5.04 Å². The van der Waals surface area contributed by atoms with Gasteiger partial charge in [-0.2, -0.15) is 0 Å². The number of nitrogens with zero attached hydrogens (tertiary/aromatic N) is 1. The molecule has 1 aromatic heterocycles. The van der Waals surface area contributed by atoms with Gasteiger partial charge in [-0.1, -0.05) is 39.0 Å². The van der Waals surface area contributed by atoms with Gasteiger partial charge < -0.3 is 8.99 Å². The zero-order valence-electron chi connectivity index (χ0n) is 12.3. The molecular formula is C15H22INOSi. The minimum absolute atomic E-state index is 0.251. The zero-order chi connectivity index (χ0) is 14.3. The van der Waals surface area contributed by atoms with E-state index in [0.717, 1.165) is 0 Å². The molecule has 0 aliphatic heterocycles. The third-order valence-electron chi connectivity index (χ3n) is 4.12. The third kappa shape index (κ3) is 3.06. The Balaban J connectivity index is 2.25. The van der Waals surface area contributed by atoms with Gasteiger partial charge in [0.2, 0.25) is 0 Å². The highest BCUT2D eigenvalue weighted by atomic mass is 127. The van der Waals surface area contributed by atoms with Crippen molar-refractivity contribution in [3.05, 3.63) is 34.0 Å². The second-order valence-electron chi connectivity index (χ2n) is 6.49. The summed E-state index contributed by atoms with van der Waals surface area (Å²) in [4.78, 5) is 0. The van der Waals surface area contributed by atoms with E-state index in [0.29, 0.717) is 6.73 Å². The fourth-order valence-electron chi connectivity index (χ4n) is 1.75. The van der Waals surface area contributed by atoms with Crippen molar-refractivity contribution in [2.45, 2.75) is 45.6 Å². The summed E-state index contributed by atoms with van der Waals surface area (Å²) in [5.41, 5.74) is 1.26. The molecule has 0 fully saturated rings. The van der Waals surface area contributed by atoms with Crippen LogP contribution in [0.25, 0.3) is 10.9 Å². The maximum atomic E-state index is 6.32. The normalized spacial score (nSPS) is 13.2. The monoisotopic (exact) mass is 387 g/mol. The third-order valence-corrected chi connectivity index (χ3v) is 9.48. The molecule has 104 valence electrons. The van der Waals surface area contributed by atoms with Crippen LogP contribution in [0.2, 0.25) is 18.1 Å². The molecule has 0 N–H and O–H groups in total. The van der Waals surface area contributed by atoms with Crippen LogP contribution in [0.1, 0.15) is 20.8 Å². The molecule has 0 radical (unpaired) electrons. The summed E-state index contributed by atoms with van der Waals surface area (Å²) in [7, 11) is -1.70. The molecule has 0 aliphatic carbocycles. The highest BCUT2D eigenvalue weighted by molar-refractivity contribution is 14.1. The summed E-state index contributed by atoms with van der Waals surface area (Å²) in [6, 6.07) is 10.7. The fourth-order valence-corrected chi connectivity index (χ4v) is 3.37. The van der Waals surface area contributed by atoms with Crippen molar-refractivity contribution in [3.8, 4) is 0 Å². The Kier molecular flexibility index (Phi) is 4.14. The van der Waals surface area contributed by atoms with Crippen molar-refractivity contribution in [3.63, 3.8) is 0 Å². The van der Waals surface area contributed by atoms with Gasteiger partial charge in [-0.3, -0.25) is 0 Å². The molecule has 19 heavy (non-hydrogen) atoms. The van der Waals surface area contributed by atoms with Gasteiger partial charge in [0.15, 0.2) is 8.32 Å². The highest BCUT2D eigenvalue weighted by Crippen LogP contribution is 2.37. The van der Waals surface area contributed by atoms with Crippen molar-refractivity contribution in [1.29, 1.82) is 0 Å². The number of benzene rings is 1. The van der Waals surface area contributed by atoms with Gasteiger partial charge >= 0.3 is 0 Å². The summed E-state index contributed by atoms with van der Waals surface area (Å²) in [5.74, 6) is 0. The maximum Gasteiger partial charge on any atom is 0.194 e. The standard InChI is InChI=1S/C15H22INOSi/c1-15(2,3)19(4,5)18-11-17-13-9-7-6-8-12(13)10-14(17)16/h6-10H,11H2,1-5H3. The first-order chi connectivity index (χ1) is 8.72. The van der Waals surface area contributed by atoms with E-state index in [4.69, 9.17) is 4.43 Å². The Bertz CT molecular complexity index is 583. The molecule has 1 heterocycles. The first-order valence-corrected chi connectivity index (χ1v) is 10.6. The molecule has 0 amide bonds. The highest BCUT2D eigenvalue weighted by Gasteiger charge is 2.37. The van der Waals surface area contributed by atoms with E-state index < -0.39 is 8.32 Å². The number of para-hydroxylation sites is 1. The van der Waals surface area contributed by atoms with Gasteiger partial charge in [-0.25, -0.2) is 0 Å². The zero-order valence-corrected chi connectivity index (χ0v) is 15.5. The summed E-state index contributed by atoms with van der Waals surface area (Å²) >= 11 is 2.38. The Labute approximate surface area is 130 Å². The van der Waals surface area contributed by atoms with E-state index in [1.54, 1.807) is 0 Å². The summed E-state index contributed by atoms with van der Waals surface area (Å²) in [6.07, 6.45) is 0. The van der Waals surface area contributed by atoms with Crippen LogP contribution in [0.3, 0.4) is 0 Å². The van der Waals surface area contributed by atoms with Crippen LogP contribution in [0.4, 0.5) is 0 Å². The van der Waals surface area contributed by atoms with Gasteiger partial charge in [0.05, 0.1) is 9.22 Å². The maximum absolute atomic E-state index is 6.32. The summed E-state index contributed by atoms with van der Waals surface area (Å²) in [5, 5.41) is 1.53. The smallest absolute Gasteiger partial charge is 0.194 e. The first kappa shape index (κ1) is 15.1. The molecule has 0 saturated heterocycles. The van der Waals surface area contributed by atoms with E-state index in [1.807, 2.05) is 0 Å². The number of halogens is 1. The number of fused-ring (bicyclic) bond motifs is 1. The van der Waals surface area contributed by atoms with E-state index in [9.17, 15) is 0 Å². The van der Waals surface area contributed by atoms with Crippen LogP contribution >= 0.6 is 22.6 Å². The lowest BCUT2D eigenvalue weighted by Gasteiger charge is -2.36. The molecule has 2 rings (SSSR count). The second kappa shape index (κ2) is 5.22. The molecule has 0 atom stereocenters. The minimum Gasteiger partial charge on any atom is -0.399 e. The van der Waals surface area contributed by atoms with Crippen molar-refractivity contribution >= 4 is 41.8 Å². The Morgan fingerprint density at radius 2 is 1.84 bits per heavy atom. The molecule has 2 nitrogen and oxygen atoms in total. The molecule has 1 aromatic carbocycles. The van der Waals surface area contributed by atoms with Crippen LogP contribution in [0, 0.1) is 3.70 Å². The van der Waals surface area contributed by atoms with Gasteiger partial charge in [-0.05, 0) is 52.9 Å². The van der Waals surface area contributed by atoms with Crippen molar-refractivity contribution in [1.82, 2.24) is 4.57 Å². The van der Waals surface area contributed by atoms with Crippen LogP contribution in [-0.4, -0.2) is 12.9 Å². The predicted molar refractivity (Wildman–Crippen MR) is 92.9 cm³/mol. The van der Waals surface area contributed by atoms with Crippen LogP contribution in [-0.2, 0) is 11.2 Å². The van der Waals surface area contributed by atoms with Gasteiger partial charge in [0, 0.05) is 5.39 Å². The van der Waals surface area contributed by atoms with E-state index in [2.05, 4.69) is 91.4 Å². The van der Waals surface area contributed by atoms with Gasteiger partial charge in [0.1, 0.15) is 6.73 Å². The number of hydrogen-bond donors (Lipinski definition) is 0. The molecule has 4 heteroatoms. The molecule has 0 spiro atoms. The molecule has 0 aliphatic rings. The van der Waals surface area contributed by atoms with Crippen molar-refractivity contribution in [2.75, 3.05) is 0 Å². The Hall–Kier alpha value is -0.333. The van der Waals surface area contributed by atoms with E-state index >= 15 is 0 Å². The largest absolute Gasteiger partial charge is 0.399 e. The molecular weight excluding hydrogens is 365 g/mol. The van der Waals surface area contributed by atoms with Crippen LogP contribution in [0.15, 0.2) is 30.3 Å². The lowest BCUT2D eigenvalue weighted by molar-refractivity contribution is 0.215. The predicted octanol–water partition coefficient (Wildman–Crippen LogP) is 5.23. The first-order valence-electron chi connectivity index (χ1n) is 6.60. The SMILES string of the molecule is CC(C)(C)[Si](C)(C)OCn1c(I)cc2ccccc21. The summed E-state index contributed by atoms with van der Waals surface area (Å²) < 4.78 is 9.82. The van der Waals surface area contributed by atoms with Crippen LogP contribution < -0.4 is 0 Å². The number of hydrogen-bond acceptors (Lipinski definition) is 1. The van der Waals surface area contributed by atoms with Crippen molar-refractivity contribution < 1.29 is 4.43 Å². The topological polar surface area (TPSA) is 14.2 Å². The average Bonchev–Trinajstić information content (AvgIpc) is 2.60. The number of rotatable bonds is 3. The Morgan fingerprint density at radius 3 is 2.47 bits per heavy atom. The lowest BCUT2D eigenvalue weighted by atomic mass is 10.2.